The van der Waals surface area contributed by atoms with Crippen molar-refractivity contribution in [1.82, 2.24) is 4.98 Å². The molecule has 0 aliphatic heterocycles. The van der Waals surface area contributed by atoms with Crippen LogP contribution in [0.4, 0.5) is 18.0 Å². The summed E-state index contributed by atoms with van der Waals surface area (Å²) in [6.07, 6.45) is -5.64. The quantitative estimate of drug-likeness (QED) is 0.288. The summed E-state index contributed by atoms with van der Waals surface area (Å²) in [7, 11) is -2.92. The van der Waals surface area contributed by atoms with Gasteiger partial charge in [-0.05, 0) is 36.5 Å². The number of halogens is 4. The third kappa shape index (κ3) is 8.71. The molecule has 2 rings (SSSR count). The number of ether oxygens (including phenoxy) is 3. The summed E-state index contributed by atoms with van der Waals surface area (Å²) in [5.74, 6) is -0.0995. The highest BCUT2D eigenvalue weighted by molar-refractivity contribution is 7.87. The molecule has 0 saturated heterocycles. The molecule has 14 heteroatoms. The number of hydrogen-bond acceptors (Lipinski definition) is 8. The van der Waals surface area contributed by atoms with Crippen LogP contribution in [0.3, 0.4) is 0 Å². The molecule has 200 valence electrons. The van der Waals surface area contributed by atoms with E-state index in [-0.39, 0.29) is 43.6 Å². The molecule has 0 aliphatic carbocycles. The van der Waals surface area contributed by atoms with Gasteiger partial charge < -0.3 is 24.1 Å². The molecule has 9 nitrogen and oxygen atoms in total. The van der Waals surface area contributed by atoms with Gasteiger partial charge in [0, 0.05) is 19.4 Å². The number of nitrogens with zero attached hydrogens (tertiary/aromatic N) is 1. The Morgan fingerprint density at radius 2 is 1.89 bits per heavy atom. The van der Waals surface area contributed by atoms with E-state index in [1.807, 2.05) is 0 Å². The number of primary amides is 1. The predicted molar refractivity (Wildman–Crippen MR) is 125 cm³/mol. The van der Waals surface area contributed by atoms with E-state index in [2.05, 4.69) is 9.17 Å². The van der Waals surface area contributed by atoms with Gasteiger partial charge in [-0.25, -0.2) is 9.78 Å². The normalized spacial score (nSPS) is 12.9. The second-order valence-electron chi connectivity index (χ2n) is 8.07. The first-order valence-corrected chi connectivity index (χ1v) is 12.5. The lowest BCUT2D eigenvalue weighted by molar-refractivity contribution is -0.137. The van der Waals surface area contributed by atoms with E-state index in [9.17, 15) is 26.4 Å². The van der Waals surface area contributed by atoms with Gasteiger partial charge in [0.15, 0.2) is 0 Å². The maximum absolute atomic E-state index is 13.0. The molecule has 1 amide bonds. The van der Waals surface area contributed by atoms with Crippen LogP contribution < -0.4 is 15.2 Å². The molecule has 36 heavy (non-hydrogen) atoms. The molecule has 1 unspecified atom stereocenters. The number of amides is 1. The molecule has 0 saturated carbocycles. The third-order valence-corrected chi connectivity index (χ3v) is 6.57. The minimum atomic E-state index is -4.66. The van der Waals surface area contributed by atoms with Gasteiger partial charge >= 0.3 is 22.4 Å². The summed E-state index contributed by atoms with van der Waals surface area (Å²) >= 11 is 5.98. The predicted octanol–water partition coefficient (Wildman–Crippen LogP) is 4.95. The van der Waals surface area contributed by atoms with Gasteiger partial charge in [-0.2, -0.15) is 21.6 Å². The van der Waals surface area contributed by atoms with E-state index in [0.29, 0.717) is 23.6 Å². The van der Waals surface area contributed by atoms with Gasteiger partial charge in [-0.15, -0.1) is 0 Å². The molecule has 0 radical (unpaired) electrons. The Morgan fingerprint density at radius 1 is 1.19 bits per heavy atom. The summed E-state index contributed by atoms with van der Waals surface area (Å²) in [6, 6.07) is 5.14. The number of aromatic nitrogens is 1. The lowest BCUT2D eigenvalue weighted by Crippen LogP contribution is -2.31. The highest BCUT2D eigenvalue weighted by Gasteiger charge is 2.33. The zero-order valence-corrected chi connectivity index (χ0v) is 21.2. The van der Waals surface area contributed by atoms with E-state index in [4.69, 9.17) is 31.5 Å². The minimum Gasteiger partial charge on any atom is -0.491 e. The van der Waals surface area contributed by atoms with Crippen molar-refractivity contribution in [1.29, 1.82) is 0 Å². The zero-order chi connectivity index (χ0) is 27.1. The zero-order valence-electron chi connectivity index (χ0n) is 19.7. The standard InChI is InChI=1S/C22H26ClF3N2O7S/c1-13(2)8-17(36(30,31)35-21(27)29)9-14-4-5-16(33-7-6-32-3)11-19(14)34-20-18(23)10-15(12-28-20)22(24,25)26/h4-5,10-13,17H,6-9H2,1-3H3,(H2,27,29). The molecule has 2 aromatic rings. The van der Waals surface area contributed by atoms with Crippen LogP contribution in [0.5, 0.6) is 17.4 Å². The summed E-state index contributed by atoms with van der Waals surface area (Å²) in [5.41, 5.74) is 4.16. The molecule has 0 bridgehead atoms. The first-order chi connectivity index (χ1) is 16.7. The van der Waals surface area contributed by atoms with Crippen molar-refractivity contribution >= 4 is 27.8 Å². The maximum Gasteiger partial charge on any atom is 0.420 e. The Kier molecular flexibility index (Phi) is 10.2. The van der Waals surface area contributed by atoms with Gasteiger partial charge in [0.1, 0.15) is 28.4 Å². The van der Waals surface area contributed by atoms with Crippen LogP contribution in [-0.2, 0) is 31.6 Å². The van der Waals surface area contributed by atoms with E-state index in [0.717, 1.165) is 0 Å². The number of carbonyl (C=O) groups is 1. The summed E-state index contributed by atoms with van der Waals surface area (Å²) in [5, 5.41) is -1.60. The number of rotatable bonds is 12. The fourth-order valence-electron chi connectivity index (χ4n) is 3.15. The van der Waals surface area contributed by atoms with Crippen molar-refractivity contribution in [3.8, 4) is 17.4 Å². The Labute approximate surface area is 211 Å². The van der Waals surface area contributed by atoms with Gasteiger partial charge in [0.05, 0.1) is 12.2 Å². The molecular weight excluding hydrogens is 529 g/mol. The van der Waals surface area contributed by atoms with Crippen LogP contribution in [0.1, 0.15) is 31.4 Å². The fraction of sp³-hybridized carbons (Fsp3) is 0.455. The van der Waals surface area contributed by atoms with Crippen LogP contribution in [0.2, 0.25) is 5.02 Å². The maximum atomic E-state index is 13.0. The molecule has 1 aromatic carbocycles. The number of nitrogens with two attached hydrogens (primary N) is 1. The Hall–Kier alpha value is -2.77. The van der Waals surface area contributed by atoms with Crippen molar-refractivity contribution in [3.63, 3.8) is 0 Å². The van der Waals surface area contributed by atoms with Crippen molar-refractivity contribution in [2.45, 2.75) is 38.1 Å². The van der Waals surface area contributed by atoms with E-state index < -0.39 is 38.2 Å². The molecule has 0 spiro atoms. The number of alkyl halides is 3. The fourth-order valence-corrected chi connectivity index (χ4v) is 4.72. The van der Waals surface area contributed by atoms with Crippen LogP contribution in [-0.4, -0.2) is 45.1 Å². The first kappa shape index (κ1) is 29.5. The lowest BCUT2D eigenvalue weighted by Gasteiger charge is -2.20. The van der Waals surface area contributed by atoms with E-state index in [1.165, 1.54) is 19.2 Å². The highest BCUT2D eigenvalue weighted by atomic mass is 35.5. The lowest BCUT2D eigenvalue weighted by atomic mass is 10.0. The van der Waals surface area contributed by atoms with Crippen molar-refractivity contribution < 1.29 is 44.8 Å². The van der Waals surface area contributed by atoms with Crippen molar-refractivity contribution in [3.05, 3.63) is 46.6 Å². The minimum absolute atomic E-state index is 0.0297. The van der Waals surface area contributed by atoms with Crippen molar-refractivity contribution in [2.24, 2.45) is 11.7 Å². The highest BCUT2D eigenvalue weighted by Crippen LogP contribution is 2.37. The van der Waals surface area contributed by atoms with Gasteiger partial charge in [-0.3, -0.25) is 0 Å². The largest absolute Gasteiger partial charge is 0.491 e. The third-order valence-electron chi connectivity index (χ3n) is 4.72. The topological polar surface area (TPSA) is 127 Å². The van der Waals surface area contributed by atoms with Crippen LogP contribution in [0, 0.1) is 5.92 Å². The molecule has 2 N–H and O–H groups in total. The second-order valence-corrected chi connectivity index (χ2v) is 10.3. The van der Waals surface area contributed by atoms with E-state index >= 15 is 0 Å². The first-order valence-electron chi connectivity index (χ1n) is 10.6. The second kappa shape index (κ2) is 12.5. The number of benzene rings is 1. The van der Waals surface area contributed by atoms with Gasteiger partial charge in [-0.1, -0.05) is 31.5 Å². The molecule has 0 aliphatic rings. The number of hydrogen-bond donors (Lipinski definition) is 1. The van der Waals surface area contributed by atoms with E-state index in [1.54, 1.807) is 19.9 Å². The summed E-state index contributed by atoms with van der Waals surface area (Å²) in [6.45, 7) is 4.03. The molecule has 1 heterocycles. The molecule has 1 aromatic heterocycles. The summed E-state index contributed by atoms with van der Waals surface area (Å²) in [4.78, 5) is 14.8. The Bertz CT molecular complexity index is 1160. The smallest absolute Gasteiger partial charge is 0.420 e. The average Bonchev–Trinajstić information content (AvgIpc) is 2.74. The number of pyridine rings is 1. The average molecular weight is 555 g/mol. The molecule has 1 atom stereocenters. The monoisotopic (exact) mass is 554 g/mol. The number of carbonyl (C=O) groups excluding carboxylic acids is 1. The van der Waals surface area contributed by atoms with Crippen LogP contribution >= 0.6 is 11.6 Å². The Balaban J connectivity index is 2.48. The Morgan fingerprint density at radius 3 is 2.44 bits per heavy atom. The van der Waals surface area contributed by atoms with Gasteiger partial charge in [0.2, 0.25) is 5.88 Å². The SMILES string of the molecule is COCCOc1ccc(CC(CC(C)C)S(=O)(=O)OC(N)=O)c(Oc2ncc(C(F)(F)F)cc2Cl)c1. The van der Waals surface area contributed by atoms with Gasteiger partial charge in [0.25, 0.3) is 0 Å². The van der Waals surface area contributed by atoms with Crippen LogP contribution in [0.15, 0.2) is 30.5 Å². The molecular formula is C22H26ClF3N2O7S. The molecule has 0 fully saturated rings. The van der Waals surface area contributed by atoms with Crippen LogP contribution in [0.25, 0.3) is 0 Å². The number of methoxy groups -OCH3 is 1. The van der Waals surface area contributed by atoms with Crippen molar-refractivity contribution in [2.75, 3.05) is 20.3 Å². The summed E-state index contributed by atoms with van der Waals surface area (Å²) < 4.78 is 84.8.